The lowest BCUT2D eigenvalue weighted by atomic mass is 10.1. The average Bonchev–Trinajstić information content (AvgIpc) is 2.77. The number of hydrogen-bond donors (Lipinski definition) is 2. The fraction of sp³-hybridized carbons (Fsp3) is 0.643. The van der Waals surface area contributed by atoms with Gasteiger partial charge in [-0.1, -0.05) is 13.8 Å². The predicted molar refractivity (Wildman–Crippen MR) is 72.9 cm³/mol. The third-order valence-electron chi connectivity index (χ3n) is 4.47. The van der Waals surface area contributed by atoms with E-state index < -0.39 is 23.2 Å². The summed E-state index contributed by atoms with van der Waals surface area (Å²) >= 11 is 0. The first-order valence-corrected chi connectivity index (χ1v) is 6.69. The van der Waals surface area contributed by atoms with Crippen LogP contribution in [0.5, 0.6) is 0 Å². The van der Waals surface area contributed by atoms with Crippen LogP contribution in [0.3, 0.4) is 0 Å². The van der Waals surface area contributed by atoms with Crippen molar-refractivity contribution >= 4 is 11.9 Å². The molecule has 1 aromatic heterocycles. The molecule has 0 aliphatic heterocycles. The number of nitrogens with one attached hydrogen (secondary N) is 1. The summed E-state index contributed by atoms with van der Waals surface area (Å²) in [5.74, 6) is -2.15. The van der Waals surface area contributed by atoms with Gasteiger partial charge in [0, 0.05) is 18.3 Å². The molecule has 6 nitrogen and oxygen atoms in total. The maximum absolute atomic E-state index is 12.2. The van der Waals surface area contributed by atoms with Crippen molar-refractivity contribution < 1.29 is 14.7 Å². The number of rotatable bonds is 4. The van der Waals surface area contributed by atoms with Gasteiger partial charge in [-0.25, -0.2) is 0 Å². The highest BCUT2D eigenvalue weighted by molar-refractivity contribution is 5.91. The van der Waals surface area contributed by atoms with Crippen LogP contribution in [-0.2, 0) is 16.6 Å². The van der Waals surface area contributed by atoms with Crippen LogP contribution in [0.25, 0.3) is 0 Å². The van der Waals surface area contributed by atoms with Gasteiger partial charge >= 0.3 is 5.97 Å². The molecule has 1 aromatic rings. The zero-order valence-corrected chi connectivity index (χ0v) is 12.5. The number of carbonyl (C=O) groups is 2. The molecule has 0 bridgehead atoms. The van der Waals surface area contributed by atoms with Crippen LogP contribution in [0, 0.1) is 24.2 Å². The lowest BCUT2D eigenvalue weighted by molar-refractivity contribution is -0.140. The Kier molecular flexibility index (Phi) is 3.36. The van der Waals surface area contributed by atoms with E-state index in [2.05, 4.69) is 10.4 Å². The number of aliphatic carboxylic acids is 1. The number of aromatic nitrogens is 2. The number of carboxylic acid groups (broad SMARTS) is 1. The molecule has 1 aliphatic rings. The van der Waals surface area contributed by atoms with Crippen LogP contribution in [0.15, 0.2) is 6.20 Å². The molecule has 3 unspecified atom stereocenters. The fourth-order valence-electron chi connectivity index (χ4n) is 2.91. The normalized spacial score (nSPS) is 25.1. The van der Waals surface area contributed by atoms with Crippen LogP contribution in [0.1, 0.15) is 38.1 Å². The van der Waals surface area contributed by atoms with Gasteiger partial charge in [0.25, 0.3) is 0 Å². The van der Waals surface area contributed by atoms with Gasteiger partial charge in [-0.15, -0.1) is 0 Å². The van der Waals surface area contributed by atoms with Crippen LogP contribution >= 0.6 is 0 Å². The Morgan fingerprint density at radius 1 is 1.45 bits per heavy atom. The van der Waals surface area contributed by atoms with Crippen molar-refractivity contribution in [2.24, 2.45) is 24.3 Å². The summed E-state index contributed by atoms with van der Waals surface area (Å²) in [7, 11) is 1.85. The molecule has 0 spiro atoms. The van der Waals surface area contributed by atoms with Crippen molar-refractivity contribution in [1.29, 1.82) is 0 Å². The van der Waals surface area contributed by atoms with Crippen molar-refractivity contribution in [3.05, 3.63) is 17.5 Å². The third-order valence-corrected chi connectivity index (χ3v) is 4.47. The SMILES string of the molecule is Cc1c(C(C)NC(=O)C2C(C(=O)O)C2(C)C)cnn1C. The lowest BCUT2D eigenvalue weighted by Gasteiger charge is -2.14. The summed E-state index contributed by atoms with van der Waals surface area (Å²) in [6, 6.07) is -0.179. The van der Waals surface area contributed by atoms with Crippen LogP contribution < -0.4 is 5.32 Å². The molecule has 1 amide bonds. The summed E-state index contributed by atoms with van der Waals surface area (Å²) in [6.45, 7) is 7.45. The van der Waals surface area contributed by atoms with Gasteiger partial charge in [-0.2, -0.15) is 5.10 Å². The Morgan fingerprint density at radius 2 is 2.05 bits per heavy atom. The molecule has 1 heterocycles. The summed E-state index contributed by atoms with van der Waals surface area (Å²) < 4.78 is 1.75. The molecule has 0 radical (unpaired) electrons. The van der Waals surface area contributed by atoms with Gasteiger partial charge in [-0.05, 0) is 19.3 Å². The Bertz CT molecular complexity index is 562. The number of amides is 1. The zero-order chi connectivity index (χ0) is 15.2. The topological polar surface area (TPSA) is 84.2 Å². The molecule has 0 saturated heterocycles. The molecule has 20 heavy (non-hydrogen) atoms. The predicted octanol–water partition coefficient (Wildman–Crippen LogP) is 1.26. The molecule has 2 rings (SSSR count). The fourth-order valence-corrected chi connectivity index (χ4v) is 2.91. The zero-order valence-electron chi connectivity index (χ0n) is 12.5. The van der Waals surface area contributed by atoms with Crippen molar-refractivity contribution in [3.63, 3.8) is 0 Å². The molecule has 1 saturated carbocycles. The number of carboxylic acids is 1. The van der Waals surface area contributed by atoms with Crippen LogP contribution in [-0.4, -0.2) is 26.8 Å². The smallest absolute Gasteiger partial charge is 0.307 e. The molecule has 6 heteroatoms. The summed E-state index contributed by atoms with van der Waals surface area (Å²) in [5.41, 5.74) is 1.47. The lowest BCUT2D eigenvalue weighted by Crippen LogP contribution is -2.30. The minimum atomic E-state index is -0.902. The summed E-state index contributed by atoms with van der Waals surface area (Å²) in [6.07, 6.45) is 1.73. The number of aryl methyl sites for hydroxylation is 1. The Morgan fingerprint density at radius 3 is 2.45 bits per heavy atom. The second-order valence-electron chi connectivity index (χ2n) is 6.15. The first kappa shape index (κ1) is 14.6. The van der Waals surface area contributed by atoms with Gasteiger partial charge in [0.05, 0.1) is 24.1 Å². The standard InChI is InChI=1S/C14H21N3O3/c1-7(9-6-15-17(5)8(9)2)16-12(18)10-11(13(19)20)14(10,3)4/h6-7,10-11H,1-5H3,(H,16,18)(H,19,20). The average molecular weight is 279 g/mol. The van der Waals surface area contributed by atoms with E-state index >= 15 is 0 Å². The number of carbonyl (C=O) groups excluding carboxylic acids is 1. The van der Waals surface area contributed by atoms with Crippen molar-refractivity contribution in [3.8, 4) is 0 Å². The van der Waals surface area contributed by atoms with E-state index in [0.29, 0.717) is 0 Å². The van der Waals surface area contributed by atoms with E-state index in [9.17, 15) is 9.59 Å². The highest BCUT2D eigenvalue weighted by Gasteiger charge is 2.65. The second kappa shape index (κ2) is 4.61. The summed E-state index contributed by atoms with van der Waals surface area (Å²) in [4.78, 5) is 23.3. The van der Waals surface area contributed by atoms with E-state index in [1.807, 2.05) is 34.7 Å². The maximum Gasteiger partial charge on any atom is 0.307 e. The van der Waals surface area contributed by atoms with Gasteiger partial charge in [0.15, 0.2) is 0 Å². The Balaban J connectivity index is 2.06. The molecule has 3 atom stereocenters. The summed E-state index contributed by atoms with van der Waals surface area (Å²) in [5, 5.41) is 16.2. The first-order valence-electron chi connectivity index (χ1n) is 6.69. The first-order chi connectivity index (χ1) is 9.17. The number of nitrogens with zero attached hydrogens (tertiary/aromatic N) is 2. The van der Waals surface area contributed by atoms with E-state index in [4.69, 9.17) is 5.11 Å². The molecular formula is C14H21N3O3. The van der Waals surface area contributed by atoms with Crippen molar-refractivity contribution in [2.45, 2.75) is 33.7 Å². The highest BCUT2D eigenvalue weighted by Crippen LogP contribution is 2.58. The maximum atomic E-state index is 12.2. The van der Waals surface area contributed by atoms with E-state index in [1.165, 1.54) is 0 Å². The quantitative estimate of drug-likeness (QED) is 0.869. The van der Waals surface area contributed by atoms with E-state index in [1.54, 1.807) is 10.9 Å². The molecule has 2 N–H and O–H groups in total. The van der Waals surface area contributed by atoms with Gasteiger partial charge in [0.1, 0.15) is 0 Å². The molecular weight excluding hydrogens is 258 g/mol. The van der Waals surface area contributed by atoms with Crippen LogP contribution in [0.4, 0.5) is 0 Å². The van der Waals surface area contributed by atoms with Gasteiger partial charge < -0.3 is 10.4 Å². The largest absolute Gasteiger partial charge is 0.481 e. The van der Waals surface area contributed by atoms with Gasteiger partial charge in [-0.3, -0.25) is 14.3 Å². The molecule has 0 aromatic carbocycles. The minimum absolute atomic E-state index is 0.179. The highest BCUT2D eigenvalue weighted by atomic mass is 16.4. The third kappa shape index (κ3) is 2.19. The second-order valence-corrected chi connectivity index (χ2v) is 6.15. The molecule has 110 valence electrons. The minimum Gasteiger partial charge on any atom is -0.481 e. The van der Waals surface area contributed by atoms with Crippen molar-refractivity contribution in [1.82, 2.24) is 15.1 Å². The van der Waals surface area contributed by atoms with Crippen LogP contribution in [0.2, 0.25) is 0 Å². The Labute approximate surface area is 118 Å². The Hall–Kier alpha value is -1.85. The molecule has 1 aliphatic carbocycles. The van der Waals surface area contributed by atoms with Crippen molar-refractivity contribution in [2.75, 3.05) is 0 Å². The number of hydrogen-bond acceptors (Lipinski definition) is 3. The van der Waals surface area contributed by atoms with Gasteiger partial charge in [0.2, 0.25) is 5.91 Å². The van der Waals surface area contributed by atoms with E-state index in [-0.39, 0.29) is 11.9 Å². The van der Waals surface area contributed by atoms with E-state index in [0.717, 1.165) is 11.3 Å². The monoisotopic (exact) mass is 279 g/mol. The molecule has 1 fully saturated rings.